The highest BCUT2D eigenvalue weighted by Crippen LogP contribution is 2.12. The Hall–Kier alpha value is -2.84. The minimum atomic E-state index is -0.503. The van der Waals surface area contributed by atoms with Crippen molar-refractivity contribution >= 4 is 23.5 Å². The molecule has 0 aliphatic heterocycles. The van der Waals surface area contributed by atoms with Crippen molar-refractivity contribution in [2.24, 2.45) is 7.05 Å². The normalized spacial score (nSPS) is 11.0. The number of anilines is 3. The van der Waals surface area contributed by atoms with Crippen LogP contribution in [0.5, 0.6) is 0 Å². The molecule has 9 nitrogen and oxygen atoms in total. The largest absolute Gasteiger partial charge is 0.444 e. The Morgan fingerprint density at radius 2 is 2.12 bits per heavy atom. The van der Waals surface area contributed by atoms with Crippen molar-refractivity contribution < 1.29 is 9.53 Å². The fourth-order valence-electron chi connectivity index (χ4n) is 1.80. The minimum absolute atomic E-state index is 0.421. The first kappa shape index (κ1) is 17.5. The third-order valence-corrected chi connectivity index (χ3v) is 2.72. The maximum absolute atomic E-state index is 11.5. The van der Waals surface area contributed by atoms with E-state index in [0.717, 1.165) is 5.69 Å². The molecule has 0 aromatic carbocycles. The maximum atomic E-state index is 11.5. The molecule has 0 aliphatic carbocycles. The zero-order valence-corrected chi connectivity index (χ0v) is 14.3. The van der Waals surface area contributed by atoms with Gasteiger partial charge >= 0.3 is 6.09 Å². The number of hydrogen-bond donors (Lipinski definition) is 3. The lowest BCUT2D eigenvalue weighted by Gasteiger charge is -2.19. The van der Waals surface area contributed by atoms with Gasteiger partial charge in [0.1, 0.15) is 11.4 Å². The second-order valence-electron chi connectivity index (χ2n) is 6.15. The van der Waals surface area contributed by atoms with Gasteiger partial charge in [0.15, 0.2) is 0 Å². The average molecular weight is 333 g/mol. The third kappa shape index (κ3) is 6.11. The lowest BCUT2D eigenvalue weighted by molar-refractivity contribution is 0.0530. The molecule has 0 atom stereocenters. The number of hydrogen-bond acceptors (Lipinski definition) is 7. The molecule has 2 rings (SSSR count). The molecule has 24 heavy (non-hydrogen) atoms. The summed E-state index contributed by atoms with van der Waals surface area (Å²) < 4.78 is 6.84. The van der Waals surface area contributed by atoms with Gasteiger partial charge in [-0.3, -0.25) is 4.68 Å². The van der Waals surface area contributed by atoms with Crippen LogP contribution in [0.1, 0.15) is 20.8 Å². The van der Waals surface area contributed by atoms with E-state index in [-0.39, 0.29) is 0 Å². The number of amides is 1. The van der Waals surface area contributed by atoms with Gasteiger partial charge in [-0.25, -0.2) is 9.78 Å². The predicted molar refractivity (Wildman–Crippen MR) is 91.2 cm³/mol. The summed E-state index contributed by atoms with van der Waals surface area (Å²) in [5.74, 6) is 1.12. The van der Waals surface area contributed by atoms with Gasteiger partial charge < -0.3 is 20.7 Å². The highest BCUT2D eigenvalue weighted by atomic mass is 16.6. The van der Waals surface area contributed by atoms with E-state index in [0.29, 0.717) is 24.9 Å². The van der Waals surface area contributed by atoms with Crippen LogP contribution in [0.25, 0.3) is 0 Å². The van der Waals surface area contributed by atoms with Crippen LogP contribution in [0.15, 0.2) is 24.7 Å². The Labute approximate surface area is 140 Å². The van der Waals surface area contributed by atoms with E-state index in [4.69, 9.17) is 4.74 Å². The van der Waals surface area contributed by atoms with Crippen molar-refractivity contribution in [1.29, 1.82) is 0 Å². The number of nitrogens with one attached hydrogen (secondary N) is 3. The molecule has 0 aliphatic rings. The number of nitrogens with zero attached hydrogens (tertiary/aromatic N) is 4. The van der Waals surface area contributed by atoms with Crippen molar-refractivity contribution in [2.45, 2.75) is 26.4 Å². The molecule has 130 valence electrons. The summed E-state index contributed by atoms with van der Waals surface area (Å²) in [6.45, 7) is 6.40. The van der Waals surface area contributed by atoms with Crippen molar-refractivity contribution in [3.05, 3.63) is 24.7 Å². The van der Waals surface area contributed by atoms with Crippen molar-refractivity contribution in [1.82, 2.24) is 25.1 Å². The van der Waals surface area contributed by atoms with E-state index in [1.807, 2.05) is 34.0 Å². The number of ether oxygens (including phenoxy) is 1. The van der Waals surface area contributed by atoms with Crippen molar-refractivity contribution in [3.8, 4) is 0 Å². The van der Waals surface area contributed by atoms with Crippen LogP contribution in [-0.4, -0.2) is 44.5 Å². The summed E-state index contributed by atoms with van der Waals surface area (Å²) >= 11 is 0. The average Bonchev–Trinajstić information content (AvgIpc) is 2.87. The summed E-state index contributed by atoms with van der Waals surface area (Å²) in [6.07, 6.45) is 4.73. The Morgan fingerprint density at radius 3 is 2.79 bits per heavy atom. The number of alkyl carbamates (subject to hydrolysis) is 1. The van der Waals surface area contributed by atoms with E-state index in [1.54, 1.807) is 23.1 Å². The van der Waals surface area contributed by atoms with Crippen LogP contribution in [0.3, 0.4) is 0 Å². The van der Waals surface area contributed by atoms with Gasteiger partial charge in [0.25, 0.3) is 0 Å². The molecule has 0 saturated carbocycles. The Morgan fingerprint density at radius 1 is 1.33 bits per heavy atom. The molecule has 2 heterocycles. The van der Waals surface area contributed by atoms with Gasteiger partial charge in [0.2, 0.25) is 5.95 Å². The van der Waals surface area contributed by atoms with E-state index in [9.17, 15) is 4.79 Å². The van der Waals surface area contributed by atoms with Crippen LogP contribution in [-0.2, 0) is 11.8 Å². The molecule has 1 amide bonds. The first-order chi connectivity index (χ1) is 11.3. The van der Waals surface area contributed by atoms with E-state index in [1.165, 1.54) is 0 Å². The second-order valence-corrected chi connectivity index (χ2v) is 6.15. The van der Waals surface area contributed by atoms with Gasteiger partial charge in [0, 0.05) is 32.5 Å². The second kappa shape index (κ2) is 7.62. The van der Waals surface area contributed by atoms with Gasteiger partial charge in [-0.1, -0.05) is 0 Å². The van der Waals surface area contributed by atoms with E-state index < -0.39 is 11.7 Å². The standard InChI is InChI=1S/C15H23N7O2/c1-15(2,3)24-14(23)18-8-7-16-12-5-6-17-13(21-12)20-11-9-19-22(4)10-11/h5-6,9-10H,7-8H2,1-4H3,(H,18,23)(H2,16,17,20,21). The number of carbonyl (C=O) groups excluding carboxylic acids is 1. The van der Waals surface area contributed by atoms with Crippen LogP contribution in [0.2, 0.25) is 0 Å². The van der Waals surface area contributed by atoms with E-state index >= 15 is 0 Å². The Bertz CT molecular complexity index is 678. The van der Waals surface area contributed by atoms with E-state index in [2.05, 4.69) is 31.0 Å². The van der Waals surface area contributed by atoms with Gasteiger partial charge in [0.05, 0.1) is 11.9 Å². The lowest BCUT2D eigenvalue weighted by atomic mass is 10.2. The fraction of sp³-hybridized carbons (Fsp3) is 0.467. The molecule has 0 fully saturated rings. The summed E-state index contributed by atoms with van der Waals surface area (Å²) in [5.41, 5.74) is 0.304. The molecule has 0 bridgehead atoms. The SMILES string of the molecule is Cn1cc(Nc2nccc(NCCNC(=O)OC(C)(C)C)n2)cn1. The zero-order chi connectivity index (χ0) is 17.6. The summed E-state index contributed by atoms with van der Waals surface area (Å²) in [5, 5.41) is 12.9. The summed E-state index contributed by atoms with van der Waals surface area (Å²) in [6, 6.07) is 1.75. The molecular weight excluding hydrogens is 310 g/mol. The highest BCUT2D eigenvalue weighted by Gasteiger charge is 2.15. The predicted octanol–water partition coefficient (Wildman–Crippen LogP) is 1.89. The molecule has 0 spiro atoms. The molecule has 0 radical (unpaired) electrons. The van der Waals surface area contributed by atoms with Crippen molar-refractivity contribution in [3.63, 3.8) is 0 Å². The molecule has 9 heteroatoms. The lowest BCUT2D eigenvalue weighted by Crippen LogP contribution is -2.35. The quantitative estimate of drug-likeness (QED) is 0.693. The highest BCUT2D eigenvalue weighted by molar-refractivity contribution is 5.67. The van der Waals surface area contributed by atoms with Gasteiger partial charge in [-0.05, 0) is 26.8 Å². The maximum Gasteiger partial charge on any atom is 0.407 e. The van der Waals surface area contributed by atoms with Crippen LogP contribution in [0.4, 0.5) is 22.2 Å². The first-order valence-corrected chi connectivity index (χ1v) is 7.61. The summed E-state index contributed by atoms with van der Waals surface area (Å²) in [4.78, 5) is 20.0. The minimum Gasteiger partial charge on any atom is -0.444 e. The van der Waals surface area contributed by atoms with Crippen molar-refractivity contribution in [2.75, 3.05) is 23.7 Å². The summed E-state index contributed by atoms with van der Waals surface area (Å²) in [7, 11) is 1.84. The zero-order valence-electron chi connectivity index (χ0n) is 14.3. The topological polar surface area (TPSA) is 106 Å². The number of carbonyl (C=O) groups is 1. The smallest absolute Gasteiger partial charge is 0.407 e. The third-order valence-electron chi connectivity index (χ3n) is 2.72. The number of aromatic nitrogens is 4. The first-order valence-electron chi connectivity index (χ1n) is 7.61. The number of rotatable bonds is 6. The number of aryl methyl sites for hydroxylation is 1. The molecular formula is C15H23N7O2. The molecule has 0 saturated heterocycles. The fourth-order valence-corrected chi connectivity index (χ4v) is 1.80. The van der Waals surface area contributed by atoms with Gasteiger partial charge in [-0.2, -0.15) is 10.1 Å². The van der Waals surface area contributed by atoms with Crippen LogP contribution < -0.4 is 16.0 Å². The Balaban J connectivity index is 1.77. The monoisotopic (exact) mass is 333 g/mol. The van der Waals surface area contributed by atoms with Gasteiger partial charge in [-0.15, -0.1) is 0 Å². The molecule has 2 aromatic rings. The van der Waals surface area contributed by atoms with Crippen LogP contribution >= 0.6 is 0 Å². The Kier molecular flexibility index (Phi) is 5.56. The molecule has 2 aromatic heterocycles. The van der Waals surface area contributed by atoms with Crippen LogP contribution in [0, 0.1) is 0 Å². The molecule has 0 unspecified atom stereocenters. The molecule has 3 N–H and O–H groups in total.